The summed E-state index contributed by atoms with van der Waals surface area (Å²) in [6.45, 7) is 4.54. The van der Waals surface area contributed by atoms with Crippen LogP contribution in [0.2, 0.25) is 10.5 Å². The van der Waals surface area contributed by atoms with Crippen molar-refractivity contribution in [2.24, 2.45) is 0 Å². The van der Waals surface area contributed by atoms with E-state index in [9.17, 15) is 0 Å². The van der Waals surface area contributed by atoms with Crippen LogP contribution in [0.25, 0.3) is 0 Å². The first-order valence-corrected chi connectivity index (χ1v) is 13.6. The van der Waals surface area contributed by atoms with E-state index in [4.69, 9.17) is 8.50 Å². The normalized spacial score (nSPS) is 13.5. The quantitative estimate of drug-likeness (QED) is 0.372. The Bertz CT molecular complexity index is 409. The van der Waals surface area contributed by atoms with Gasteiger partial charge in [0, 0.05) is 0 Å². The fraction of sp³-hybridized carbons (Fsp3) is 0.579. The van der Waals surface area contributed by atoms with Crippen LogP contribution < -0.4 is 0 Å². The average molecular weight is 365 g/mol. The van der Waals surface area contributed by atoms with Gasteiger partial charge in [0.05, 0.1) is 0 Å². The Hall–Kier alpha value is -0.737. The van der Waals surface area contributed by atoms with Gasteiger partial charge in [0.1, 0.15) is 0 Å². The molecule has 22 heavy (non-hydrogen) atoms. The van der Waals surface area contributed by atoms with E-state index in [0.29, 0.717) is 4.75 Å². The molecule has 0 radical (unpaired) electrons. The number of ether oxygens (including phenoxy) is 1. The summed E-state index contributed by atoms with van der Waals surface area (Å²) in [6, 6.07) is 10.8. The topological polar surface area (TPSA) is 18.5 Å². The molecular formula is C19H32GeO2. The van der Waals surface area contributed by atoms with Crippen LogP contribution in [0.5, 0.6) is 0 Å². The maximum absolute atomic E-state index is 6.34. The van der Waals surface area contributed by atoms with Crippen molar-refractivity contribution < 1.29 is 8.50 Å². The van der Waals surface area contributed by atoms with Gasteiger partial charge in [0.2, 0.25) is 0 Å². The summed E-state index contributed by atoms with van der Waals surface area (Å²) < 4.78 is 12.0. The molecule has 0 saturated carbocycles. The van der Waals surface area contributed by atoms with E-state index >= 15 is 0 Å². The molecule has 0 saturated heterocycles. The summed E-state index contributed by atoms with van der Waals surface area (Å²) >= 11 is -2.49. The minimum atomic E-state index is -2.49. The first-order chi connectivity index (χ1) is 10.7. The molecular weight excluding hydrogens is 333 g/mol. The molecule has 0 bridgehead atoms. The Morgan fingerprint density at radius 2 is 1.59 bits per heavy atom. The van der Waals surface area contributed by atoms with E-state index in [1.165, 1.54) is 41.8 Å². The zero-order chi connectivity index (χ0) is 16.3. The van der Waals surface area contributed by atoms with Crippen molar-refractivity contribution in [3.63, 3.8) is 0 Å². The van der Waals surface area contributed by atoms with Crippen LogP contribution in [0.15, 0.2) is 42.7 Å². The Kier molecular flexibility index (Phi) is 9.57. The predicted octanol–water partition coefficient (Wildman–Crippen LogP) is 5.66. The summed E-state index contributed by atoms with van der Waals surface area (Å²) in [7, 11) is 3.67. The van der Waals surface area contributed by atoms with Crippen LogP contribution in [0.4, 0.5) is 0 Å². The number of unbranched alkanes of at least 4 members (excludes halogenated alkanes) is 2. The minimum absolute atomic E-state index is 0.407. The average Bonchev–Trinajstić information content (AvgIpc) is 2.58. The van der Waals surface area contributed by atoms with E-state index < -0.39 is 13.6 Å². The first-order valence-electron chi connectivity index (χ1n) is 8.53. The zero-order valence-corrected chi connectivity index (χ0v) is 16.8. The van der Waals surface area contributed by atoms with E-state index in [-0.39, 0.29) is 0 Å². The van der Waals surface area contributed by atoms with Gasteiger partial charge >= 0.3 is 139 Å². The molecule has 1 rings (SSSR count). The fourth-order valence-electron chi connectivity index (χ4n) is 3.13. The molecule has 2 nitrogen and oxygen atoms in total. The van der Waals surface area contributed by atoms with Crippen LogP contribution in [0, 0.1) is 0 Å². The number of methoxy groups -OCH3 is 1. The molecule has 3 heteroatoms. The van der Waals surface area contributed by atoms with Crippen LogP contribution in [-0.4, -0.2) is 27.8 Å². The maximum atomic E-state index is 6.34. The summed E-state index contributed by atoms with van der Waals surface area (Å²) in [6.07, 6.45) is 9.08. The third-order valence-corrected chi connectivity index (χ3v) is 14.7. The second kappa shape index (κ2) is 10.9. The van der Waals surface area contributed by atoms with Gasteiger partial charge in [-0.05, 0) is 0 Å². The van der Waals surface area contributed by atoms with Gasteiger partial charge < -0.3 is 0 Å². The Balaban J connectivity index is 3.18. The van der Waals surface area contributed by atoms with Crippen LogP contribution in [-0.2, 0) is 8.50 Å². The fourth-order valence-corrected chi connectivity index (χ4v) is 12.9. The van der Waals surface area contributed by atoms with Crippen molar-refractivity contribution >= 4 is 13.6 Å². The zero-order valence-electron chi connectivity index (χ0n) is 14.7. The Morgan fingerprint density at radius 1 is 1.00 bits per heavy atom. The standard InChI is InChI=1S/C19H32GeO2/c1-5-7-15-20(22-4,16-8-6-2)19(14-17-21-3)18-12-10-9-11-13-18/h9-14,17,19H,5-8,15-16H2,1-4H3/b17-14+. The number of rotatable bonds is 11. The van der Waals surface area contributed by atoms with Crippen LogP contribution >= 0.6 is 0 Å². The van der Waals surface area contributed by atoms with E-state index in [1.54, 1.807) is 7.11 Å². The molecule has 1 unspecified atom stereocenters. The predicted molar refractivity (Wildman–Crippen MR) is 97.5 cm³/mol. The van der Waals surface area contributed by atoms with Crippen molar-refractivity contribution in [3.8, 4) is 0 Å². The van der Waals surface area contributed by atoms with E-state index in [0.717, 1.165) is 0 Å². The second-order valence-electron chi connectivity index (χ2n) is 5.93. The van der Waals surface area contributed by atoms with Gasteiger partial charge in [-0.25, -0.2) is 0 Å². The van der Waals surface area contributed by atoms with E-state index in [1.807, 2.05) is 13.4 Å². The molecule has 1 atom stereocenters. The van der Waals surface area contributed by atoms with Gasteiger partial charge in [-0.3, -0.25) is 0 Å². The van der Waals surface area contributed by atoms with Gasteiger partial charge in [-0.15, -0.1) is 0 Å². The molecule has 0 aliphatic heterocycles. The molecule has 0 N–H and O–H groups in total. The van der Waals surface area contributed by atoms with Gasteiger partial charge in [0.15, 0.2) is 0 Å². The molecule has 0 amide bonds. The Morgan fingerprint density at radius 3 is 2.05 bits per heavy atom. The summed E-state index contributed by atoms with van der Waals surface area (Å²) in [5.41, 5.74) is 1.38. The Labute approximate surface area is 139 Å². The van der Waals surface area contributed by atoms with Crippen molar-refractivity contribution in [3.05, 3.63) is 48.2 Å². The summed E-state index contributed by atoms with van der Waals surface area (Å²) in [5, 5.41) is 2.53. The van der Waals surface area contributed by atoms with E-state index in [2.05, 4.69) is 50.3 Å². The second-order valence-corrected chi connectivity index (χ2v) is 14.7. The third kappa shape index (κ3) is 5.47. The summed E-state index contributed by atoms with van der Waals surface area (Å²) in [5.74, 6) is 0. The third-order valence-electron chi connectivity index (χ3n) is 4.45. The summed E-state index contributed by atoms with van der Waals surface area (Å²) in [4.78, 5) is 0. The number of benzene rings is 1. The van der Waals surface area contributed by atoms with Crippen molar-refractivity contribution in [2.45, 2.75) is 54.8 Å². The van der Waals surface area contributed by atoms with Crippen LogP contribution in [0.3, 0.4) is 0 Å². The molecule has 0 spiro atoms. The van der Waals surface area contributed by atoms with Gasteiger partial charge in [-0.1, -0.05) is 0 Å². The van der Waals surface area contributed by atoms with Gasteiger partial charge in [-0.2, -0.15) is 0 Å². The first kappa shape index (κ1) is 19.3. The molecule has 1 aromatic rings. The monoisotopic (exact) mass is 366 g/mol. The SMILES string of the molecule is CCC[CH2][Ge]([CH2]CCC)([O]C)[CH](/C=C/OC)c1ccccc1. The number of hydrogen-bond donors (Lipinski definition) is 0. The van der Waals surface area contributed by atoms with Crippen molar-refractivity contribution in [1.82, 2.24) is 0 Å². The molecule has 0 aliphatic carbocycles. The molecule has 124 valence electrons. The van der Waals surface area contributed by atoms with Crippen molar-refractivity contribution in [2.75, 3.05) is 14.2 Å². The number of hydrogen-bond acceptors (Lipinski definition) is 2. The molecule has 0 aromatic heterocycles. The van der Waals surface area contributed by atoms with Gasteiger partial charge in [0.25, 0.3) is 0 Å². The number of allylic oxidation sites excluding steroid dienone is 1. The van der Waals surface area contributed by atoms with Crippen molar-refractivity contribution in [1.29, 1.82) is 0 Å². The molecule has 0 aliphatic rings. The molecule has 1 aromatic carbocycles. The molecule has 0 heterocycles. The molecule has 0 fully saturated rings. The van der Waals surface area contributed by atoms with Crippen LogP contribution in [0.1, 0.15) is 49.8 Å².